The summed E-state index contributed by atoms with van der Waals surface area (Å²) in [5.74, 6) is -0.388. The maximum atomic E-state index is 12.0. The SMILES string of the molecule is CC(=O)c1ccccc1NC(=O)c1snnc1C. The van der Waals surface area contributed by atoms with Crippen molar-refractivity contribution in [3.63, 3.8) is 0 Å². The molecule has 1 N–H and O–H groups in total. The summed E-state index contributed by atoms with van der Waals surface area (Å²) in [4.78, 5) is 23.9. The van der Waals surface area contributed by atoms with E-state index in [0.717, 1.165) is 11.5 Å². The first-order valence-corrected chi connectivity index (χ1v) is 6.07. The van der Waals surface area contributed by atoms with Crippen LogP contribution in [0.25, 0.3) is 0 Å². The Morgan fingerprint density at radius 2 is 2.00 bits per heavy atom. The van der Waals surface area contributed by atoms with Crippen molar-refractivity contribution in [3.05, 3.63) is 40.4 Å². The van der Waals surface area contributed by atoms with Gasteiger partial charge >= 0.3 is 0 Å². The molecule has 6 heteroatoms. The Hall–Kier alpha value is -2.08. The van der Waals surface area contributed by atoms with E-state index in [-0.39, 0.29) is 11.7 Å². The number of hydrogen-bond donors (Lipinski definition) is 1. The number of ketones is 1. The number of para-hydroxylation sites is 1. The molecular weight excluding hydrogens is 250 g/mol. The van der Waals surface area contributed by atoms with Crippen LogP contribution in [0.2, 0.25) is 0 Å². The first-order valence-electron chi connectivity index (χ1n) is 5.30. The molecule has 0 saturated heterocycles. The van der Waals surface area contributed by atoms with Crippen molar-refractivity contribution in [3.8, 4) is 0 Å². The van der Waals surface area contributed by atoms with Crippen LogP contribution in [0.15, 0.2) is 24.3 Å². The lowest BCUT2D eigenvalue weighted by Gasteiger charge is -2.07. The molecule has 92 valence electrons. The van der Waals surface area contributed by atoms with Gasteiger partial charge in [0.15, 0.2) is 5.78 Å². The van der Waals surface area contributed by atoms with Crippen molar-refractivity contribution in [2.24, 2.45) is 0 Å². The van der Waals surface area contributed by atoms with E-state index in [1.165, 1.54) is 6.92 Å². The standard InChI is InChI=1S/C12H11N3O2S/c1-7-11(18-15-14-7)12(17)13-10-6-4-3-5-9(10)8(2)16/h3-6H,1-2H3,(H,13,17). The number of nitrogens with one attached hydrogen (secondary N) is 1. The van der Waals surface area contributed by atoms with Gasteiger partial charge in [0.1, 0.15) is 4.88 Å². The van der Waals surface area contributed by atoms with Crippen LogP contribution < -0.4 is 5.32 Å². The van der Waals surface area contributed by atoms with Crippen LogP contribution in [0.1, 0.15) is 32.6 Å². The summed E-state index contributed by atoms with van der Waals surface area (Å²) < 4.78 is 3.71. The molecular formula is C12H11N3O2S. The summed E-state index contributed by atoms with van der Waals surface area (Å²) in [5.41, 5.74) is 1.57. The second-order valence-corrected chi connectivity index (χ2v) is 4.50. The molecule has 0 spiro atoms. The minimum absolute atomic E-state index is 0.0925. The largest absolute Gasteiger partial charge is 0.320 e. The highest BCUT2D eigenvalue weighted by Crippen LogP contribution is 2.18. The van der Waals surface area contributed by atoms with E-state index < -0.39 is 0 Å². The number of hydrogen-bond acceptors (Lipinski definition) is 5. The van der Waals surface area contributed by atoms with Gasteiger partial charge in [0.05, 0.1) is 11.4 Å². The molecule has 0 fully saturated rings. The molecule has 0 atom stereocenters. The maximum Gasteiger partial charge on any atom is 0.269 e. The highest BCUT2D eigenvalue weighted by molar-refractivity contribution is 7.08. The zero-order valence-corrected chi connectivity index (χ0v) is 10.7. The van der Waals surface area contributed by atoms with E-state index in [0.29, 0.717) is 21.8 Å². The summed E-state index contributed by atoms with van der Waals surface area (Å²) in [6, 6.07) is 6.89. The Kier molecular flexibility index (Phi) is 3.47. The van der Waals surface area contributed by atoms with Crippen LogP contribution in [0, 0.1) is 6.92 Å². The maximum absolute atomic E-state index is 12.0. The normalized spacial score (nSPS) is 10.1. The van der Waals surface area contributed by atoms with Gasteiger partial charge in [-0.2, -0.15) is 0 Å². The molecule has 0 radical (unpaired) electrons. The molecule has 1 amide bonds. The number of carbonyl (C=O) groups excluding carboxylic acids is 2. The summed E-state index contributed by atoms with van der Waals surface area (Å²) in [6.45, 7) is 3.18. The van der Waals surface area contributed by atoms with E-state index in [4.69, 9.17) is 0 Å². The monoisotopic (exact) mass is 261 g/mol. The van der Waals surface area contributed by atoms with Gasteiger partial charge in [0, 0.05) is 5.56 Å². The summed E-state index contributed by atoms with van der Waals surface area (Å²) in [5, 5.41) is 6.48. The van der Waals surface area contributed by atoms with Crippen LogP contribution in [0.4, 0.5) is 5.69 Å². The Balaban J connectivity index is 2.28. The fraction of sp³-hybridized carbons (Fsp3) is 0.167. The lowest BCUT2D eigenvalue weighted by atomic mass is 10.1. The summed E-state index contributed by atoms with van der Waals surface area (Å²) in [7, 11) is 0. The van der Waals surface area contributed by atoms with Gasteiger partial charge in [-0.3, -0.25) is 9.59 Å². The number of amides is 1. The van der Waals surface area contributed by atoms with Gasteiger partial charge in [0.2, 0.25) is 0 Å². The minimum Gasteiger partial charge on any atom is -0.320 e. The first-order chi connectivity index (χ1) is 8.59. The van der Waals surface area contributed by atoms with Crippen molar-refractivity contribution in [1.29, 1.82) is 0 Å². The molecule has 2 aromatic rings. The molecule has 0 unspecified atom stereocenters. The second kappa shape index (κ2) is 5.05. The van der Waals surface area contributed by atoms with Crippen molar-refractivity contribution in [2.45, 2.75) is 13.8 Å². The number of benzene rings is 1. The number of aryl methyl sites for hydroxylation is 1. The van der Waals surface area contributed by atoms with E-state index in [1.54, 1.807) is 31.2 Å². The fourth-order valence-electron chi connectivity index (χ4n) is 1.52. The zero-order chi connectivity index (χ0) is 13.1. The van der Waals surface area contributed by atoms with Crippen molar-refractivity contribution >= 4 is 28.9 Å². The van der Waals surface area contributed by atoms with Gasteiger partial charge in [0.25, 0.3) is 5.91 Å². The number of aromatic nitrogens is 2. The highest BCUT2D eigenvalue weighted by atomic mass is 32.1. The van der Waals surface area contributed by atoms with Crippen LogP contribution in [0.5, 0.6) is 0 Å². The number of Topliss-reactive ketones (excluding diaryl/α,β-unsaturated/α-hetero) is 1. The number of anilines is 1. The molecule has 1 aromatic carbocycles. The van der Waals surface area contributed by atoms with Crippen molar-refractivity contribution in [2.75, 3.05) is 5.32 Å². The highest BCUT2D eigenvalue weighted by Gasteiger charge is 2.15. The fourth-order valence-corrected chi connectivity index (χ4v) is 2.07. The number of nitrogens with zero attached hydrogens (tertiary/aromatic N) is 2. The van der Waals surface area contributed by atoms with Gasteiger partial charge in [-0.1, -0.05) is 16.6 Å². The third kappa shape index (κ3) is 2.43. The first kappa shape index (κ1) is 12.4. The average molecular weight is 261 g/mol. The Morgan fingerprint density at radius 3 is 2.61 bits per heavy atom. The zero-order valence-electron chi connectivity index (χ0n) is 9.93. The molecule has 0 aliphatic heterocycles. The Morgan fingerprint density at radius 1 is 1.28 bits per heavy atom. The quantitative estimate of drug-likeness (QED) is 0.860. The topological polar surface area (TPSA) is 72.0 Å². The molecule has 2 rings (SSSR count). The lowest BCUT2D eigenvalue weighted by Crippen LogP contribution is -2.14. The van der Waals surface area contributed by atoms with E-state index in [9.17, 15) is 9.59 Å². The Labute approximate surface area is 108 Å². The molecule has 0 saturated carbocycles. The van der Waals surface area contributed by atoms with Gasteiger partial charge < -0.3 is 5.32 Å². The molecule has 1 aromatic heterocycles. The smallest absolute Gasteiger partial charge is 0.269 e. The number of carbonyl (C=O) groups is 2. The van der Waals surface area contributed by atoms with Gasteiger partial charge in [-0.05, 0) is 37.5 Å². The third-order valence-corrected chi connectivity index (χ3v) is 3.24. The van der Waals surface area contributed by atoms with E-state index >= 15 is 0 Å². The van der Waals surface area contributed by atoms with Gasteiger partial charge in [-0.25, -0.2) is 0 Å². The summed E-state index contributed by atoms with van der Waals surface area (Å²) in [6.07, 6.45) is 0. The molecule has 0 aliphatic rings. The third-order valence-electron chi connectivity index (χ3n) is 2.41. The minimum atomic E-state index is -0.295. The molecule has 1 heterocycles. The lowest BCUT2D eigenvalue weighted by molar-refractivity contribution is 0.101. The number of rotatable bonds is 3. The Bertz CT molecular complexity index is 607. The predicted molar refractivity (Wildman–Crippen MR) is 69.0 cm³/mol. The van der Waals surface area contributed by atoms with Crippen LogP contribution >= 0.6 is 11.5 Å². The molecule has 5 nitrogen and oxygen atoms in total. The summed E-state index contributed by atoms with van der Waals surface area (Å²) >= 11 is 1.03. The van der Waals surface area contributed by atoms with Crippen molar-refractivity contribution in [1.82, 2.24) is 9.59 Å². The van der Waals surface area contributed by atoms with Crippen molar-refractivity contribution < 1.29 is 9.59 Å². The van der Waals surface area contributed by atoms with E-state index in [2.05, 4.69) is 14.9 Å². The average Bonchev–Trinajstić information content (AvgIpc) is 2.76. The molecule has 0 aliphatic carbocycles. The van der Waals surface area contributed by atoms with Crippen LogP contribution in [-0.4, -0.2) is 21.3 Å². The second-order valence-electron chi connectivity index (χ2n) is 3.74. The van der Waals surface area contributed by atoms with Gasteiger partial charge in [-0.15, -0.1) is 5.10 Å². The van der Waals surface area contributed by atoms with Crippen LogP contribution in [-0.2, 0) is 0 Å². The molecule has 18 heavy (non-hydrogen) atoms. The van der Waals surface area contributed by atoms with E-state index in [1.807, 2.05) is 0 Å². The predicted octanol–water partition coefficient (Wildman–Crippen LogP) is 2.30. The molecule has 0 bridgehead atoms. The van der Waals surface area contributed by atoms with Crippen LogP contribution in [0.3, 0.4) is 0 Å².